The largest absolute Gasteiger partial charge is 0.465 e. The fourth-order valence-corrected chi connectivity index (χ4v) is 3.22. The van der Waals surface area contributed by atoms with Gasteiger partial charge in [-0.25, -0.2) is 4.99 Å². The van der Waals surface area contributed by atoms with Crippen LogP contribution >= 0.6 is 24.0 Å². The Kier molecular flexibility index (Phi) is 9.27. The number of hydrogen-bond acceptors (Lipinski definition) is 4. The van der Waals surface area contributed by atoms with Crippen molar-refractivity contribution < 1.29 is 9.15 Å². The number of hydrogen-bond donors (Lipinski definition) is 1. The summed E-state index contributed by atoms with van der Waals surface area (Å²) in [7, 11) is 4.02. The van der Waals surface area contributed by atoms with Gasteiger partial charge in [-0.3, -0.25) is 4.90 Å². The fourth-order valence-electron chi connectivity index (χ4n) is 3.22. The van der Waals surface area contributed by atoms with Crippen molar-refractivity contribution in [2.75, 3.05) is 46.9 Å². The van der Waals surface area contributed by atoms with Crippen LogP contribution in [0.4, 0.5) is 0 Å². The molecule has 2 heterocycles. The Labute approximate surface area is 185 Å². The van der Waals surface area contributed by atoms with E-state index < -0.39 is 0 Å². The van der Waals surface area contributed by atoms with Gasteiger partial charge in [0, 0.05) is 33.7 Å². The van der Waals surface area contributed by atoms with Gasteiger partial charge >= 0.3 is 0 Å². The van der Waals surface area contributed by atoms with Crippen LogP contribution in [0.25, 0.3) is 0 Å². The Balaban J connectivity index is 0.00000280. The summed E-state index contributed by atoms with van der Waals surface area (Å²) in [6, 6.07) is 14.6. The number of nitrogens with one attached hydrogen (secondary N) is 1. The van der Waals surface area contributed by atoms with Crippen LogP contribution in [0.2, 0.25) is 0 Å². The summed E-state index contributed by atoms with van der Waals surface area (Å²) in [5.41, 5.74) is 1.20. The predicted molar refractivity (Wildman–Crippen MR) is 123 cm³/mol. The van der Waals surface area contributed by atoms with Crippen LogP contribution in [-0.4, -0.2) is 62.7 Å². The van der Waals surface area contributed by atoms with E-state index in [0.717, 1.165) is 50.3 Å². The van der Waals surface area contributed by atoms with E-state index in [1.807, 2.05) is 50.2 Å². The molecule has 1 atom stereocenters. The first kappa shape index (κ1) is 22.7. The lowest BCUT2D eigenvalue weighted by molar-refractivity contribution is 0.0124. The highest BCUT2D eigenvalue weighted by molar-refractivity contribution is 14.0. The minimum absolute atomic E-state index is 0. The van der Waals surface area contributed by atoms with E-state index in [9.17, 15) is 0 Å². The normalized spacial score (nSPS) is 16.3. The number of aliphatic imine (C=N–C) groups is 1. The Morgan fingerprint density at radius 2 is 1.86 bits per heavy atom. The lowest BCUT2D eigenvalue weighted by Crippen LogP contribution is -2.46. The molecular formula is C21H31IN4O2. The molecule has 0 spiro atoms. The molecule has 1 saturated heterocycles. The number of aryl methyl sites for hydroxylation is 1. The third-order valence-corrected chi connectivity index (χ3v) is 4.71. The summed E-state index contributed by atoms with van der Waals surface area (Å²) in [5, 5.41) is 3.53. The van der Waals surface area contributed by atoms with Crippen molar-refractivity contribution in [3.8, 4) is 0 Å². The topological polar surface area (TPSA) is 53.2 Å². The fraction of sp³-hybridized carbons (Fsp3) is 0.476. The zero-order valence-corrected chi connectivity index (χ0v) is 19.3. The molecule has 1 unspecified atom stereocenters. The number of nitrogens with zero attached hydrogens (tertiary/aromatic N) is 3. The first-order chi connectivity index (χ1) is 13.1. The molecule has 1 aliphatic rings. The number of morpholine rings is 1. The molecule has 1 aromatic carbocycles. The Morgan fingerprint density at radius 3 is 2.46 bits per heavy atom. The molecular weight excluding hydrogens is 467 g/mol. The number of halogens is 1. The lowest BCUT2D eigenvalue weighted by atomic mass is 10.1. The lowest BCUT2D eigenvalue weighted by Gasteiger charge is -2.34. The molecule has 1 aromatic heterocycles. The summed E-state index contributed by atoms with van der Waals surface area (Å²) >= 11 is 0. The summed E-state index contributed by atoms with van der Waals surface area (Å²) in [4.78, 5) is 9.20. The molecule has 0 amide bonds. The maximum atomic E-state index is 5.94. The molecule has 2 aromatic rings. The van der Waals surface area contributed by atoms with E-state index in [4.69, 9.17) is 14.1 Å². The average molecular weight is 498 g/mol. The van der Waals surface area contributed by atoms with Crippen molar-refractivity contribution in [1.82, 2.24) is 15.1 Å². The SMILES string of the molecule is Cc1ccc(C(CNC(=NCc2ccccc2)N(C)C)N2CCOCC2)o1.I. The van der Waals surface area contributed by atoms with Crippen molar-refractivity contribution in [3.05, 3.63) is 59.5 Å². The number of furan rings is 1. The van der Waals surface area contributed by atoms with Gasteiger partial charge in [0.2, 0.25) is 0 Å². The van der Waals surface area contributed by atoms with E-state index in [0.29, 0.717) is 6.54 Å². The summed E-state index contributed by atoms with van der Waals surface area (Å²) in [5.74, 6) is 2.80. The quantitative estimate of drug-likeness (QED) is 0.377. The smallest absolute Gasteiger partial charge is 0.193 e. The first-order valence-corrected chi connectivity index (χ1v) is 9.51. The number of ether oxygens (including phenoxy) is 1. The Bertz CT molecular complexity index is 727. The summed E-state index contributed by atoms with van der Waals surface area (Å²) in [6.07, 6.45) is 0. The number of rotatable bonds is 6. The monoisotopic (exact) mass is 498 g/mol. The van der Waals surface area contributed by atoms with Crippen LogP contribution in [0.1, 0.15) is 23.1 Å². The molecule has 1 N–H and O–H groups in total. The molecule has 154 valence electrons. The van der Waals surface area contributed by atoms with Gasteiger partial charge in [0.25, 0.3) is 0 Å². The minimum Gasteiger partial charge on any atom is -0.465 e. The third-order valence-electron chi connectivity index (χ3n) is 4.71. The van der Waals surface area contributed by atoms with Gasteiger partial charge < -0.3 is 19.4 Å². The van der Waals surface area contributed by atoms with Gasteiger partial charge in [-0.05, 0) is 24.6 Å². The average Bonchev–Trinajstić information content (AvgIpc) is 3.12. The van der Waals surface area contributed by atoms with Gasteiger partial charge in [0.05, 0.1) is 25.8 Å². The highest BCUT2D eigenvalue weighted by Crippen LogP contribution is 2.23. The van der Waals surface area contributed by atoms with Crippen LogP contribution in [0.15, 0.2) is 51.9 Å². The van der Waals surface area contributed by atoms with Crippen molar-refractivity contribution in [1.29, 1.82) is 0 Å². The van der Waals surface area contributed by atoms with Crippen molar-refractivity contribution in [3.63, 3.8) is 0 Å². The second kappa shape index (κ2) is 11.4. The van der Waals surface area contributed by atoms with Crippen molar-refractivity contribution in [2.45, 2.75) is 19.5 Å². The standard InChI is InChI=1S/C21H30N4O2.HI/c1-17-9-10-20(27-17)19(25-11-13-26-14-12-25)16-23-21(24(2)3)22-15-18-7-5-4-6-8-18;/h4-10,19H,11-16H2,1-3H3,(H,22,23);1H. The second-order valence-corrected chi connectivity index (χ2v) is 7.01. The minimum atomic E-state index is 0. The maximum Gasteiger partial charge on any atom is 0.193 e. The van der Waals surface area contributed by atoms with Crippen molar-refractivity contribution >= 4 is 29.9 Å². The summed E-state index contributed by atoms with van der Waals surface area (Å²) < 4.78 is 11.5. The highest BCUT2D eigenvalue weighted by Gasteiger charge is 2.25. The number of guanidine groups is 1. The van der Waals surface area contributed by atoms with E-state index in [1.165, 1.54) is 5.56 Å². The molecule has 1 fully saturated rings. The molecule has 3 rings (SSSR count). The van der Waals surface area contributed by atoms with Gasteiger partial charge in [-0.2, -0.15) is 0 Å². The maximum absolute atomic E-state index is 5.94. The predicted octanol–water partition coefficient (Wildman–Crippen LogP) is 3.29. The zero-order chi connectivity index (χ0) is 19.1. The number of benzene rings is 1. The molecule has 0 aliphatic carbocycles. The van der Waals surface area contributed by atoms with E-state index in [1.54, 1.807) is 0 Å². The highest BCUT2D eigenvalue weighted by atomic mass is 127. The van der Waals surface area contributed by atoms with Crippen LogP contribution in [0.3, 0.4) is 0 Å². The van der Waals surface area contributed by atoms with Gasteiger partial charge in [-0.15, -0.1) is 24.0 Å². The van der Waals surface area contributed by atoms with Crippen LogP contribution < -0.4 is 5.32 Å². The zero-order valence-electron chi connectivity index (χ0n) is 16.9. The Morgan fingerprint density at radius 1 is 1.14 bits per heavy atom. The first-order valence-electron chi connectivity index (χ1n) is 9.51. The molecule has 0 bridgehead atoms. The van der Waals surface area contributed by atoms with Gasteiger partial charge in [0.1, 0.15) is 11.5 Å². The molecule has 7 heteroatoms. The molecule has 0 saturated carbocycles. The van der Waals surface area contributed by atoms with Crippen LogP contribution in [0, 0.1) is 6.92 Å². The molecule has 28 heavy (non-hydrogen) atoms. The summed E-state index contributed by atoms with van der Waals surface area (Å²) in [6.45, 7) is 6.72. The van der Waals surface area contributed by atoms with Gasteiger partial charge in [-0.1, -0.05) is 30.3 Å². The molecule has 1 aliphatic heterocycles. The Hall–Kier alpha value is -1.58. The van der Waals surface area contributed by atoms with Crippen molar-refractivity contribution in [2.24, 2.45) is 4.99 Å². The van der Waals surface area contributed by atoms with Crippen LogP contribution in [-0.2, 0) is 11.3 Å². The van der Waals surface area contributed by atoms with E-state index in [-0.39, 0.29) is 30.0 Å². The molecule has 0 radical (unpaired) electrons. The van der Waals surface area contributed by atoms with Crippen LogP contribution in [0.5, 0.6) is 0 Å². The molecule has 6 nitrogen and oxygen atoms in total. The van der Waals surface area contributed by atoms with E-state index >= 15 is 0 Å². The third kappa shape index (κ3) is 6.49. The van der Waals surface area contributed by atoms with Gasteiger partial charge in [0.15, 0.2) is 5.96 Å². The second-order valence-electron chi connectivity index (χ2n) is 7.01. The van der Waals surface area contributed by atoms with E-state index in [2.05, 4.69) is 28.4 Å².